The molecule has 20 heavy (non-hydrogen) atoms. The zero-order valence-electron chi connectivity index (χ0n) is 11.9. The van der Waals surface area contributed by atoms with Crippen LogP contribution in [0.25, 0.3) is 0 Å². The third-order valence-electron chi connectivity index (χ3n) is 2.71. The van der Waals surface area contributed by atoms with Gasteiger partial charge in [0.15, 0.2) is 5.96 Å². The molecule has 108 valence electrons. The van der Waals surface area contributed by atoms with E-state index in [1.54, 1.807) is 23.7 Å². The first-order valence-corrected chi connectivity index (χ1v) is 7.35. The number of aryl methyl sites for hydroxylation is 2. The molecule has 0 radical (unpaired) electrons. The number of aromatic nitrogens is 2. The first-order valence-electron chi connectivity index (χ1n) is 6.53. The van der Waals surface area contributed by atoms with Crippen molar-refractivity contribution >= 4 is 17.3 Å². The molecule has 0 fully saturated rings. The van der Waals surface area contributed by atoms with Gasteiger partial charge in [-0.2, -0.15) is 0 Å². The molecule has 2 aromatic rings. The molecule has 2 rings (SSSR count). The van der Waals surface area contributed by atoms with Crippen LogP contribution in [-0.2, 0) is 13.1 Å². The SMILES string of the molecule is CCNC(=NCc1ccon1)NCc1nc(C)c(C)s1. The summed E-state index contributed by atoms with van der Waals surface area (Å²) < 4.78 is 4.78. The van der Waals surface area contributed by atoms with Crippen molar-refractivity contribution in [3.63, 3.8) is 0 Å². The first-order chi connectivity index (χ1) is 9.69. The molecule has 0 aliphatic carbocycles. The zero-order chi connectivity index (χ0) is 14.4. The smallest absolute Gasteiger partial charge is 0.191 e. The van der Waals surface area contributed by atoms with E-state index in [4.69, 9.17) is 4.52 Å². The van der Waals surface area contributed by atoms with Crippen LogP contribution in [0.5, 0.6) is 0 Å². The van der Waals surface area contributed by atoms with Crippen LogP contribution in [0.3, 0.4) is 0 Å². The average Bonchev–Trinajstić information content (AvgIpc) is 3.04. The lowest BCUT2D eigenvalue weighted by atomic mass is 10.4. The quantitative estimate of drug-likeness (QED) is 0.651. The van der Waals surface area contributed by atoms with Crippen molar-refractivity contribution in [1.29, 1.82) is 0 Å². The number of thiazole rings is 1. The van der Waals surface area contributed by atoms with Crippen LogP contribution < -0.4 is 10.6 Å². The molecule has 0 bridgehead atoms. The number of aliphatic imine (C=N–C) groups is 1. The molecule has 0 saturated carbocycles. The van der Waals surface area contributed by atoms with Crippen LogP contribution in [-0.4, -0.2) is 22.6 Å². The Kier molecular flexibility index (Phi) is 5.11. The summed E-state index contributed by atoms with van der Waals surface area (Å²) in [4.78, 5) is 10.2. The molecule has 6 nitrogen and oxygen atoms in total. The Bertz CT molecular complexity index is 542. The van der Waals surface area contributed by atoms with Crippen molar-refractivity contribution in [2.75, 3.05) is 6.54 Å². The minimum Gasteiger partial charge on any atom is -0.364 e. The third kappa shape index (κ3) is 4.06. The highest BCUT2D eigenvalue weighted by molar-refractivity contribution is 7.11. The number of hydrogen-bond donors (Lipinski definition) is 2. The highest BCUT2D eigenvalue weighted by Gasteiger charge is 2.05. The van der Waals surface area contributed by atoms with Gasteiger partial charge in [0.2, 0.25) is 0 Å². The second kappa shape index (κ2) is 7.04. The molecule has 0 aliphatic rings. The normalized spacial score (nSPS) is 11.7. The maximum absolute atomic E-state index is 4.78. The molecule has 0 unspecified atom stereocenters. The van der Waals surface area contributed by atoms with E-state index >= 15 is 0 Å². The second-order valence-corrected chi connectivity index (χ2v) is 5.58. The number of guanidine groups is 1. The highest BCUT2D eigenvalue weighted by Crippen LogP contribution is 2.15. The van der Waals surface area contributed by atoms with Gasteiger partial charge in [-0.05, 0) is 20.8 Å². The van der Waals surface area contributed by atoms with Crippen molar-refractivity contribution in [2.24, 2.45) is 4.99 Å². The van der Waals surface area contributed by atoms with Gasteiger partial charge in [-0.3, -0.25) is 0 Å². The number of nitrogens with zero attached hydrogens (tertiary/aromatic N) is 3. The van der Waals surface area contributed by atoms with Crippen molar-refractivity contribution in [3.8, 4) is 0 Å². The third-order valence-corrected chi connectivity index (χ3v) is 3.79. The Morgan fingerprint density at radius 1 is 1.40 bits per heavy atom. The molecule has 0 amide bonds. The van der Waals surface area contributed by atoms with Gasteiger partial charge < -0.3 is 15.2 Å². The zero-order valence-corrected chi connectivity index (χ0v) is 12.8. The number of rotatable bonds is 5. The fourth-order valence-electron chi connectivity index (χ4n) is 1.60. The summed E-state index contributed by atoms with van der Waals surface area (Å²) in [6.07, 6.45) is 1.55. The summed E-state index contributed by atoms with van der Waals surface area (Å²) in [7, 11) is 0. The molecule has 0 atom stereocenters. The molecular weight excluding hydrogens is 274 g/mol. The van der Waals surface area contributed by atoms with Gasteiger partial charge in [-0.1, -0.05) is 5.16 Å². The van der Waals surface area contributed by atoms with E-state index in [0.717, 1.165) is 28.9 Å². The Morgan fingerprint density at radius 2 is 2.25 bits per heavy atom. The van der Waals surface area contributed by atoms with E-state index in [0.29, 0.717) is 13.1 Å². The molecular formula is C13H19N5OS. The van der Waals surface area contributed by atoms with Crippen LogP contribution in [0.4, 0.5) is 0 Å². The van der Waals surface area contributed by atoms with Crippen molar-refractivity contribution in [1.82, 2.24) is 20.8 Å². The Hall–Kier alpha value is -1.89. The van der Waals surface area contributed by atoms with Gasteiger partial charge in [0.25, 0.3) is 0 Å². The fourth-order valence-corrected chi connectivity index (χ4v) is 2.47. The maximum atomic E-state index is 4.78. The summed E-state index contributed by atoms with van der Waals surface area (Å²) in [5.41, 5.74) is 1.90. The monoisotopic (exact) mass is 293 g/mol. The number of hydrogen-bond acceptors (Lipinski definition) is 5. The van der Waals surface area contributed by atoms with Crippen LogP contribution in [0.15, 0.2) is 21.8 Å². The fraction of sp³-hybridized carbons (Fsp3) is 0.462. The van der Waals surface area contributed by atoms with Gasteiger partial charge in [-0.25, -0.2) is 9.98 Å². The summed E-state index contributed by atoms with van der Waals surface area (Å²) in [5, 5.41) is 11.4. The van der Waals surface area contributed by atoms with Gasteiger partial charge in [-0.15, -0.1) is 11.3 Å². The molecule has 2 heterocycles. The second-order valence-electron chi connectivity index (χ2n) is 4.29. The van der Waals surface area contributed by atoms with E-state index in [1.807, 2.05) is 13.8 Å². The lowest BCUT2D eigenvalue weighted by Gasteiger charge is -2.09. The first kappa shape index (κ1) is 14.5. The van der Waals surface area contributed by atoms with Crippen LogP contribution >= 0.6 is 11.3 Å². The lowest BCUT2D eigenvalue weighted by molar-refractivity contribution is 0.412. The van der Waals surface area contributed by atoms with Gasteiger partial charge in [0, 0.05) is 17.5 Å². The van der Waals surface area contributed by atoms with E-state index in [2.05, 4.69) is 32.7 Å². The summed E-state index contributed by atoms with van der Waals surface area (Å²) in [5.74, 6) is 0.751. The van der Waals surface area contributed by atoms with Crippen LogP contribution in [0.1, 0.15) is 28.2 Å². The standard InChI is InChI=1S/C13H19N5OS/c1-4-14-13(15-7-11-5-6-19-18-11)16-8-12-17-9(2)10(3)20-12/h5-6H,4,7-8H2,1-3H3,(H2,14,15,16). The summed E-state index contributed by atoms with van der Waals surface area (Å²) in [6.45, 7) is 8.11. The largest absolute Gasteiger partial charge is 0.364 e. The molecule has 0 spiro atoms. The minimum absolute atomic E-state index is 0.488. The summed E-state index contributed by atoms with van der Waals surface area (Å²) >= 11 is 1.71. The Morgan fingerprint density at radius 3 is 2.85 bits per heavy atom. The van der Waals surface area contributed by atoms with Crippen molar-refractivity contribution < 1.29 is 4.52 Å². The predicted octanol–water partition coefficient (Wildman–Crippen LogP) is 2.00. The van der Waals surface area contributed by atoms with Gasteiger partial charge >= 0.3 is 0 Å². The molecule has 2 aromatic heterocycles. The van der Waals surface area contributed by atoms with Crippen LogP contribution in [0, 0.1) is 13.8 Å². The number of nitrogens with one attached hydrogen (secondary N) is 2. The van der Waals surface area contributed by atoms with E-state index in [9.17, 15) is 0 Å². The molecule has 0 aromatic carbocycles. The van der Waals surface area contributed by atoms with Crippen molar-refractivity contribution in [3.05, 3.63) is 33.6 Å². The highest BCUT2D eigenvalue weighted by atomic mass is 32.1. The van der Waals surface area contributed by atoms with Crippen LogP contribution in [0.2, 0.25) is 0 Å². The van der Waals surface area contributed by atoms with Gasteiger partial charge in [0.05, 0.1) is 18.8 Å². The molecule has 2 N–H and O–H groups in total. The lowest BCUT2D eigenvalue weighted by Crippen LogP contribution is -2.36. The van der Waals surface area contributed by atoms with E-state index in [1.165, 1.54) is 4.88 Å². The Labute approximate surface area is 122 Å². The topological polar surface area (TPSA) is 75.3 Å². The average molecular weight is 293 g/mol. The minimum atomic E-state index is 0.488. The maximum Gasteiger partial charge on any atom is 0.191 e. The van der Waals surface area contributed by atoms with E-state index < -0.39 is 0 Å². The molecule has 7 heteroatoms. The van der Waals surface area contributed by atoms with Gasteiger partial charge in [0.1, 0.15) is 17.0 Å². The molecule has 0 saturated heterocycles. The van der Waals surface area contributed by atoms with E-state index in [-0.39, 0.29) is 0 Å². The molecule has 0 aliphatic heterocycles. The Balaban J connectivity index is 1.93. The van der Waals surface area contributed by atoms with Crippen molar-refractivity contribution in [2.45, 2.75) is 33.9 Å². The predicted molar refractivity (Wildman–Crippen MR) is 79.7 cm³/mol. The summed E-state index contributed by atoms with van der Waals surface area (Å²) in [6, 6.07) is 1.81.